The van der Waals surface area contributed by atoms with E-state index in [4.69, 9.17) is 23.2 Å². The quantitative estimate of drug-likeness (QED) is 0.0585. The summed E-state index contributed by atoms with van der Waals surface area (Å²) in [5.74, 6) is -3.90. The van der Waals surface area contributed by atoms with Crippen LogP contribution in [-0.4, -0.2) is 93.2 Å². The Labute approximate surface area is 238 Å². The van der Waals surface area contributed by atoms with Gasteiger partial charge in [-0.15, -0.1) is 22.0 Å². The van der Waals surface area contributed by atoms with E-state index in [1.807, 2.05) is 0 Å². The topological polar surface area (TPSA) is 206 Å². The summed E-state index contributed by atoms with van der Waals surface area (Å²) in [5, 5.41) is 24.9. The summed E-state index contributed by atoms with van der Waals surface area (Å²) in [4.78, 5) is 68.3. The van der Waals surface area contributed by atoms with Gasteiger partial charge in [-0.3, -0.25) is 19.3 Å². The molecule has 2 atom stereocenters. The molecule has 0 aromatic carbocycles. The molecular formula is C17H12Cl2N8O7S4. The summed E-state index contributed by atoms with van der Waals surface area (Å²) in [7, 11) is 0. The van der Waals surface area contributed by atoms with Gasteiger partial charge in [-0.05, 0) is 5.57 Å². The molecule has 0 spiro atoms. The van der Waals surface area contributed by atoms with Crippen molar-refractivity contribution in [3.8, 4) is 0 Å². The number of carboxylic acids is 1. The summed E-state index contributed by atoms with van der Waals surface area (Å²) >= 11 is 15.4. The van der Waals surface area contributed by atoms with Gasteiger partial charge in [0, 0.05) is 23.0 Å². The van der Waals surface area contributed by atoms with E-state index in [0.29, 0.717) is 27.9 Å². The van der Waals surface area contributed by atoms with Crippen molar-refractivity contribution < 1.29 is 33.9 Å². The first-order chi connectivity index (χ1) is 18.2. The average Bonchev–Trinajstić information content (AvgIpc) is 3.58. The minimum atomic E-state index is -1.60. The smallest absolute Gasteiger partial charge is 0.367 e. The highest BCUT2D eigenvalue weighted by Gasteiger charge is 2.54. The number of anilines is 1. The third-order valence-electron chi connectivity index (χ3n) is 4.69. The van der Waals surface area contributed by atoms with E-state index in [1.165, 1.54) is 34.9 Å². The molecule has 0 bridgehead atoms. The Hall–Kier alpha value is -2.84. The van der Waals surface area contributed by atoms with Crippen LogP contribution >= 0.6 is 69.6 Å². The van der Waals surface area contributed by atoms with Gasteiger partial charge >= 0.3 is 11.9 Å². The van der Waals surface area contributed by atoms with Gasteiger partial charge in [0.2, 0.25) is 27.9 Å². The number of hydrogen-bond donors (Lipinski definition) is 3. The van der Waals surface area contributed by atoms with Crippen molar-refractivity contribution in [2.45, 2.75) is 20.6 Å². The van der Waals surface area contributed by atoms with E-state index < -0.39 is 45.7 Å². The molecule has 3 amide bonds. The number of carbonyl (C=O) groups is 5. The fraction of sp³-hybridized carbons (Fsp3) is 0.294. The number of nitrogens with one attached hydrogen (secondary N) is 2. The minimum absolute atomic E-state index is 0.0123. The number of nitrogens with zero attached hydrogens (tertiary/aromatic N) is 6. The van der Waals surface area contributed by atoms with Crippen molar-refractivity contribution in [3.63, 3.8) is 0 Å². The zero-order chi connectivity index (χ0) is 27.4. The van der Waals surface area contributed by atoms with Gasteiger partial charge in [0.05, 0.1) is 0 Å². The first-order valence-corrected chi connectivity index (χ1v) is 14.5. The highest BCUT2D eigenvalue weighted by atomic mass is 35.5. The predicted molar refractivity (Wildman–Crippen MR) is 138 cm³/mol. The number of carbonyl (C=O) groups excluding carboxylic acids is 4. The molecule has 4 rings (SSSR count). The molecule has 1 fully saturated rings. The first-order valence-electron chi connectivity index (χ1n) is 9.92. The monoisotopic (exact) mass is 638 g/mol. The second kappa shape index (κ2) is 12.3. The molecule has 1 unspecified atom stereocenters. The van der Waals surface area contributed by atoms with Gasteiger partial charge < -0.3 is 20.6 Å². The lowest BCUT2D eigenvalue weighted by molar-refractivity contribution is -0.150. The second-order valence-electron chi connectivity index (χ2n) is 6.95. The van der Waals surface area contributed by atoms with Crippen LogP contribution < -0.4 is 10.6 Å². The number of amides is 3. The summed E-state index contributed by atoms with van der Waals surface area (Å²) in [6.45, 7) is 0. The number of thioether (sulfide) groups is 2. The van der Waals surface area contributed by atoms with Gasteiger partial charge in [0.1, 0.15) is 22.6 Å². The molecule has 0 aliphatic carbocycles. The minimum Gasteiger partial charge on any atom is -0.477 e. The van der Waals surface area contributed by atoms with Crippen LogP contribution in [0.3, 0.4) is 0 Å². The number of β-lactam (4-membered cyclic amide) rings is 1. The van der Waals surface area contributed by atoms with Crippen LogP contribution in [0, 0.1) is 0 Å². The zero-order valence-electron chi connectivity index (χ0n) is 18.3. The summed E-state index contributed by atoms with van der Waals surface area (Å²) < 4.78 is 4.53. The number of halogens is 2. The maximum Gasteiger partial charge on any atom is 0.367 e. The van der Waals surface area contributed by atoms with E-state index in [1.54, 1.807) is 5.51 Å². The number of oxime groups is 1. The molecule has 1 saturated heterocycles. The van der Waals surface area contributed by atoms with Crippen LogP contribution in [0.15, 0.2) is 26.3 Å². The molecule has 15 nitrogen and oxygen atoms in total. The predicted octanol–water partition coefficient (Wildman–Crippen LogP) is 0.540. The molecule has 2 aromatic rings. The van der Waals surface area contributed by atoms with Crippen LogP contribution in [0.4, 0.5) is 5.13 Å². The van der Waals surface area contributed by atoms with E-state index >= 15 is 0 Å². The third kappa shape index (κ3) is 6.07. The lowest BCUT2D eigenvalue weighted by atomic mass is 10.0. The van der Waals surface area contributed by atoms with E-state index in [2.05, 4.69) is 40.2 Å². The molecule has 2 aliphatic heterocycles. The van der Waals surface area contributed by atoms with Crippen molar-refractivity contribution in [1.82, 2.24) is 29.8 Å². The number of hydrogen-bond acceptors (Lipinski definition) is 15. The van der Waals surface area contributed by atoms with Gasteiger partial charge in [-0.25, -0.2) is 9.59 Å². The van der Waals surface area contributed by atoms with Crippen LogP contribution in [0.1, 0.15) is 5.82 Å². The molecule has 0 saturated carbocycles. The van der Waals surface area contributed by atoms with Crippen LogP contribution in [0.25, 0.3) is 0 Å². The fourth-order valence-corrected chi connectivity index (χ4v) is 6.70. The molecule has 200 valence electrons. The lowest BCUT2D eigenvalue weighted by Crippen LogP contribution is -2.71. The lowest BCUT2D eigenvalue weighted by Gasteiger charge is -2.49. The molecule has 2 aromatic heterocycles. The molecule has 4 heterocycles. The molecule has 2 aliphatic rings. The first kappa shape index (κ1) is 28.2. The summed E-state index contributed by atoms with van der Waals surface area (Å²) in [6, 6.07) is -1.12. The molecule has 3 N–H and O–H groups in total. The highest BCUT2D eigenvalue weighted by molar-refractivity contribution is 8.01. The number of rotatable bonds is 11. The SMILES string of the molecule is O=CNc1nc(C(=NOC(=O)C(Cl)Cl)C(=O)NC2C(=O)N3C(C(=O)O)=C(CSc4nncs4)CS[C@H]23)ns1. The Morgan fingerprint density at radius 2 is 2.18 bits per heavy atom. The number of aliphatic carboxylic acids is 1. The van der Waals surface area contributed by atoms with Gasteiger partial charge in [-0.2, -0.15) is 9.36 Å². The maximum absolute atomic E-state index is 13.0. The van der Waals surface area contributed by atoms with Crippen LogP contribution in [0.5, 0.6) is 0 Å². The van der Waals surface area contributed by atoms with E-state index in [9.17, 15) is 29.1 Å². The van der Waals surface area contributed by atoms with Crippen molar-refractivity contribution in [2.75, 3.05) is 16.8 Å². The van der Waals surface area contributed by atoms with Crippen molar-refractivity contribution in [2.24, 2.45) is 5.16 Å². The standard InChI is InChI=1S/C17H12Cl2N8O7S4/c18-9(19)15(33)34-25-6(10-23-16(20-3-28)38-26-10)11(29)22-7-12(30)27-8(14(31)32)5(1-35-13(7)27)2-36-17-24-21-4-37-17/h3-4,7,9,13H,1-2H2,(H,22,29)(H,31,32)(H,20,23,26,28)/t7?,13-/m1/s1. The Morgan fingerprint density at radius 1 is 1.39 bits per heavy atom. The van der Waals surface area contributed by atoms with E-state index in [0.717, 1.165) is 4.90 Å². The normalized spacial score (nSPS) is 19.1. The Kier molecular flexibility index (Phi) is 9.15. The molecule has 0 radical (unpaired) electrons. The molecular weight excluding hydrogens is 627 g/mol. The third-order valence-corrected chi connectivity index (χ3v) is 8.98. The highest BCUT2D eigenvalue weighted by Crippen LogP contribution is 2.41. The van der Waals surface area contributed by atoms with Crippen molar-refractivity contribution >= 4 is 111 Å². The number of fused-ring (bicyclic) bond motifs is 1. The summed E-state index contributed by atoms with van der Waals surface area (Å²) in [6.07, 6.45) is 0.336. The molecule has 21 heteroatoms. The van der Waals surface area contributed by atoms with Crippen LogP contribution in [-0.2, 0) is 28.8 Å². The Bertz CT molecular complexity index is 1340. The van der Waals surface area contributed by atoms with Gasteiger partial charge in [0.25, 0.3) is 11.8 Å². The largest absolute Gasteiger partial charge is 0.477 e. The fourth-order valence-electron chi connectivity index (χ4n) is 3.12. The van der Waals surface area contributed by atoms with Gasteiger partial charge in [-0.1, -0.05) is 51.5 Å². The maximum atomic E-state index is 13.0. The van der Waals surface area contributed by atoms with Crippen LogP contribution in [0.2, 0.25) is 0 Å². The van der Waals surface area contributed by atoms with E-state index in [-0.39, 0.29) is 28.2 Å². The average molecular weight is 640 g/mol. The number of carboxylic acid groups (broad SMARTS) is 1. The Morgan fingerprint density at radius 3 is 2.84 bits per heavy atom. The van der Waals surface area contributed by atoms with Gasteiger partial charge in [0.15, 0.2) is 4.34 Å². The molecule has 38 heavy (non-hydrogen) atoms. The summed E-state index contributed by atoms with van der Waals surface area (Å²) in [5.41, 5.74) is 1.29. The van der Waals surface area contributed by atoms with Crippen molar-refractivity contribution in [3.05, 3.63) is 22.6 Å². The Balaban J connectivity index is 1.51. The van der Waals surface area contributed by atoms with Crippen molar-refractivity contribution in [1.29, 1.82) is 0 Å². The zero-order valence-corrected chi connectivity index (χ0v) is 23.0. The second-order valence-corrected chi connectivity index (χ2v) is 12.0. The number of aromatic nitrogens is 4. The number of alkyl halides is 2.